The number of rotatable bonds is 1. The van der Waals surface area contributed by atoms with Crippen molar-refractivity contribution in [3.05, 3.63) is 17.3 Å². The minimum atomic E-state index is 0. The first kappa shape index (κ1) is 14.5. The normalized spacial score (nSPS) is 21.5. The second-order valence-corrected chi connectivity index (χ2v) is 5.91. The van der Waals surface area contributed by atoms with Gasteiger partial charge < -0.3 is 10.2 Å². The SMILES string of the molecule is Cc1cc(C)c(N2CCC3(CCNCC3)C2)nn1.Cl. The van der Waals surface area contributed by atoms with Crippen LogP contribution in [0, 0.1) is 19.3 Å². The third kappa shape index (κ3) is 2.84. The summed E-state index contributed by atoms with van der Waals surface area (Å²) in [5, 5.41) is 12.1. The van der Waals surface area contributed by atoms with Crippen molar-refractivity contribution in [2.75, 3.05) is 31.1 Å². The molecular weight excluding hydrogens is 260 g/mol. The Labute approximate surface area is 121 Å². The Morgan fingerprint density at radius 2 is 1.89 bits per heavy atom. The summed E-state index contributed by atoms with van der Waals surface area (Å²) in [7, 11) is 0. The Bertz CT molecular complexity index is 443. The largest absolute Gasteiger partial charge is 0.354 e. The molecule has 0 aromatic carbocycles. The second kappa shape index (κ2) is 5.63. The number of nitrogens with zero attached hydrogens (tertiary/aromatic N) is 3. The number of piperidine rings is 1. The molecule has 0 saturated carbocycles. The van der Waals surface area contributed by atoms with E-state index in [-0.39, 0.29) is 12.4 Å². The van der Waals surface area contributed by atoms with E-state index >= 15 is 0 Å². The van der Waals surface area contributed by atoms with Gasteiger partial charge in [-0.15, -0.1) is 17.5 Å². The maximum Gasteiger partial charge on any atom is 0.154 e. The van der Waals surface area contributed by atoms with Crippen molar-refractivity contribution in [2.24, 2.45) is 5.41 Å². The number of hydrogen-bond acceptors (Lipinski definition) is 4. The van der Waals surface area contributed by atoms with E-state index in [0.29, 0.717) is 5.41 Å². The van der Waals surface area contributed by atoms with Crippen molar-refractivity contribution in [3.8, 4) is 0 Å². The van der Waals surface area contributed by atoms with Crippen molar-refractivity contribution >= 4 is 18.2 Å². The molecule has 0 amide bonds. The Kier molecular flexibility index (Phi) is 4.31. The van der Waals surface area contributed by atoms with E-state index in [4.69, 9.17) is 0 Å². The molecule has 3 rings (SSSR count). The van der Waals surface area contributed by atoms with Crippen molar-refractivity contribution in [3.63, 3.8) is 0 Å². The van der Waals surface area contributed by atoms with Crippen LogP contribution in [0.15, 0.2) is 6.07 Å². The molecule has 0 aliphatic carbocycles. The first-order chi connectivity index (χ1) is 8.69. The lowest BCUT2D eigenvalue weighted by molar-refractivity contribution is 0.232. The molecule has 5 heteroatoms. The fourth-order valence-electron chi connectivity index (χ4n) is 3.41. The average Bonchev–Trinajstić information content (AvgIpc) is 2.74. The number of aryl methyl sites for hydroxylation is 2. The van der Waals surface area contributed by atoms with Crippen molar-refractivity contribution in [2.45, 2.75) is 33.1 Å². The summed E-state index contributed by atoms with van der Waals surface area (Å²) in [4.78, 5) is 2.44. The summed E-state index contributed by atoms with van der Waals surface area (Å²) >= 11 is 0. The molecule has 19 heavy (non-hydrogen) atoms. The highest BCUT2D eigenvalue weighted by molar-refractivity contribution is 5.85. The topological polar surface area (TPSA) is 41.0 Å². The fraction of sp³-hybridized carbons (Fsp3) is 0.714. The van der Waals surface area contributed by atoms with Crippen molar-refractivity contribution in [1.82, 2.24) is 15.5 Å². The lowest BCUT2D eigenvalue weighted by Crippen LogP contribution is -2.38. The van der Waals surface area contributed by atoms with Gasteiger partial charge in [0, 0.05) is 13.1 Å². The van der Waals surface area contributed by atoms with E-state index in [0.717, 1.165) is 24.6 Å². The van der Waals surface area contributed by atoms with Crippen LogP contribution in [-0.4, -0.2) is 36.4 Å². The summed E-state index contributed by atoms with van der Waals surface area (Å²) < 4.78 is 0. The molecule has 2 fully saturated rings. The quantitative estimate of drug-likeness (QED) is 0.856. The van der Waals surface area contributed by atoms with Gasteiger partial charge in [0.05, 0.1) is 5.69 Å². The van der Waals surface area contributed by atoms with Crippen LogP contribution in [0.3, 0.4) is 0 Å². The fourth-order valence-corrected chi connectivity index (χ4v) is 3.41. The molecule has 1 N–H and O–H groups in total. The van der Waals surface area contributed by atoms with E-state index in [9.17, 15) is 0 Å². The van der Waals surface area contributed by atoms with Gasteiger partial charge in [-0.1, -0.05) is 0 Å². The van der Waals surface area contributed by atoms with E-state index in [2.05, 4.69) is 33.4 Å². The van der Waals surface area contributed by atoms with E-state index in [1.54, 1.807) is 0 Å². The highest BCUT2D eigenvalue weighted by atomic mass is 35.5. The van der Waals surface area contributed by atoms with Gasteiger partial charge in [-0.3, -0.25) is 0 Å². The van der Waals surface area contributed by atoms with E-state index < -0.39 is 0 Å². The first-order valence-corrected chi connectivity index (χ1v) is 6.95. The Balaban J connectivity index is 0.00000133. The Morgan fingerprint density at radius 1 is 1.16 bits per heavy atom. The molecule has 0 bridgehead atoms. The number of halogens is 1. The average molecular weight is 283 g/mol. The number of aromatic nitrogens is 2. The standard InChI is InChI=1S/C14H22N4.ClH/c1-11-9-12(2)16-17-13(11)18-8-5-14(10-18)3-6-15-7-4-14;/h9,15H,3-8,10H2,1-2H3;1H. The predicted octanol–water partition coefficient (Wildman–Crippen LogP) is 2.10. The third-order valence-corrected chi connectivity index (χ3v) is 4.48. The first-order valence-electron chi connectivity index (χ1n) is 6.95. The van der Waals surface area contributed by atoms with Gasteiger partial charge in [-0.05, 0) is 63.2 Å². The van der Waals surface area contributed by atoms with Gasteiger partial charge >= 0.3 is 0 Å². The van der Waals surface area contributed by atoms with Crippen LogP contribution < -0.4 is 10.2 Å². The zero-order valence-electron chi connectivity index (χ0n) is 11.8. The van der Waals surface area contributed by atoms with Gasteiger partial charge in [-0.25, -0.2) is 0 Å². The molecule has 1 spiro atoms. The van der Waals surface area contributed by atoms with Crippen LogP contribution in [-0.2, 0) is 0 Å². The predicted molar refractivity (Wildman–Crippen MR) is 80.1 cm³/mol. The van der Waals surface area contributed by atoms with Gasteiger partial charge in [0.2, 0.25) is 0 Å². The zero-order valence-corrected chi connectivity index (χ0v) is 12.6. The number of nitrogens with one attached hydrogen (secondary N) is 1. The summed E-state index contributed by atoms with van der Waals surface area (Å²) in [5.41, 5.74) is 2.80. The summed E-state index contributed by atoms with van der Waals surface area (Å²) in [6.45, 7) is 8.79. The van der Waals surface area contributed by atoms with Gasteiger partial charge in [0.25, 0.3) is 0 Å². The smallest absolute Gasteiger partial charge is 0.154 e. The van der Waals surface area contributed by atoms with Crippen LogP contribution in [0.25, 0.3) is 0 Å². The highest BCUT2D eigenvalue weighted by Crippen LogP contribution is 2.40. The van der Waals surface area contributed by atoms with Gasteiger partial charge in [0.1, 0.15) is 0 Å². The molecule has 2 aliphatic heterocycles. The molecule has 0 unspecified atom stereocenters. The van der Waals surface area contributed by atoms with E-state index in [1.165, 1.54) is 37.9 Å². The highest BCUT2D eigenvalue weighted by Gasteiger charge is 2.39. The Hall–Kier alpha value is -0.870. The van der Waals surface area contributed by atoms with Gasteiger partial charge in [-0.2, -0.15) is 5.10 Å². The number of hydrogen-bond donors (Lipinski definition) is 1. The second-order valence-electron chi connectivity index (χ2n) is 5.91. The minimum absolute atomic E-state index is 0. The molecule has 1 aromatic rings. The van der Waals surface area contributed by atoms with Gasteiger partial charge in [0.15, 0.2) is 5.82 Å². The van der Waals surface area contributed by atoms with Crippen LogP contribution in [0.5, 0.6) is 0 Å². The molecule has 1 aromatic heterocycles. The summed E-state index contributed by atoms with van der Waals surface area (Å²) in [6, 6.07) is 2.13. The van der Waals surface area contributed by atoms with Crippen LogP contribution in [0.1, 0.15) is 30.5 Å². The monoisotopic (exact) mass is 282 g/mol. The Morgan fingerprint density at radius 3 is 2.58 bits per heavy atom. The lowest BCUT2D eigenvalue weighted by Gasteiger charge is -2.33. The van der Waals surface area contributed by atoms with Crippen molar-refractivity contribution in [1.29, 1.82) is 0 Å². The molecule has 106 valence electrons. The van der Waals surface area contributed by atoms with Crippen molar-refractivity contribution < 1.29 is 0 Å². The lowest BCUT2D eigenvalue weighted by atomic mass is 9.78. The molecule has 4 nitrogen and oxygen atoms in total. The molecular formula is C14H23ClN4. The maximum absolute atomic E-state index is 4.40. The molecule has 0 radical (unpaired) electrons. The van der Waals surface area contributed by atoms with Crippen LogP contribution in [0.2, 0.25) is 0 Å². The molecule has 2 saturated heterocycles. The van der Waals surface area contributed by atoms with E-state index in [1.807, 2.05) is 6.92 Å². The van der Waals surface area contributed by atoms with Crippen LogP contribution >= 0.6 is 12.4 Å². The third-order valence-electron chi connectivity index (χ3n) is 4.48. The summed E-state index contributed by atoms with van der Waals surface area (Å²) in [6.07, 6.45) is 3.92. The molecule has 2 aliphatic rings. The zero-order chi connectivity index (χ0) is 12.6. The maximum atomic E-state index is 4.40. The summed E-state index contributed by atoms with van der Waals surface area (Å²) in [5.74, 6) is 1.09. The number of anilines is 1. The van der Waals surface area contributed by atoms with Crippen LogP contribution in [0.4, 0.5) is 5.82 Å². The minimum Gasteiger partial charge on any atom is -0.354 e. The molecule has 0 atom stereocenters. The molecule has 3 heterocycles.